The van der Waals surface area contributed by atoms with Crippen LogP contribution in [0.3, 0.4) is 0 Å². The molecule has 0 aliphatic rings. The number of aliphatic hydroxyl groups excluding tert-OH is 2. The van der Waals surface area contributed by atoms with Gasteiger partial charge in [-0.3, -0.25) is 9.59 Å². The molecule has 0 bridgehead atoms. The second-order valence-electron chi connectivity index (χ2n) is 6.45. The van der Waals surface area contributed by atoms with E-state index in [0.29, 0.717) is 12.8 Å². The Morgan fingerprint density at radius 1 is 0.692 bits per heavy atom. The summed E-state index contributed by atoms with van der Waals surface area (Å²) >= 11 is 0. The molecule has 8 N–H and O–H groups in total. The van der Waals surface area contributed by atoms with Gasteiger partial charge in [0.1, 0.15) is 0 Å². The summed E-state index contributed by atoms with van der Waals surface area (Å²) < 4.78 is 0. The highest BCUT2D eigenvalue weighted by Crippen LogP contribution is 2.09. The van der Waals surface area contributed by atoms with Crippen LogP contribution in [0, 0.1) is 0 Å². The van der Waals surface area contributed by atoms with Crippen molar-refractivity contribution in [2.24, 2.45) is 11.5 Å². The summed E-state index contributed by atoms with van der Waals surface area (Å²) in [6, 6.07) is 0. The van der Waals surface area contributed by atoms with Gasteiger partial charge in [0.25, 0.3) is 0 Å². The molecule has 8 heteroatoms. The van der Waals surface area contributed by atoms with Crippen molar-refractivity contribution in [3.63, 3.8) is 0 Å². The molecule has 0 amide bonds. The lowest BCUT2D eigenvalue weighted by atomic mass is 9.96. The molecule has 0 aromatic heterocycles. The highest BCUT2D eigenvalue weighted by Gasteiger charge is 2.18. The first-order chi connectivity index (χ1) is 12.0. The van der Waals surface area contributed by atoms with Crippen molar-refractivity contribution in [2.45, 2.75) is 90.1 Å². The zero-order valence-corrected chi connectivity index (χ0v) is 16.8. The minimum absolute atomic E-state index is 0.0628. The van der Waals surface area contributed by atoms with Gasteiger partial charge in [0.05, 0.1) is 13.2 Å². The molecule has 158 valence electrons. The van der Waals surface area contributed by atoms with E-state index in [4.69, 9.17) is 31.9 Å². The molecule has 0 saturated heterocycles. The van der Waals surface area contributed by atoms with E-state index in [1.807, 2.05) is 27.7 Å². The molecule has 0 saturated carbocycles. The Balaban J connectivity index is -0.000000308. The van der Waals surface area contributed by atoms with Crippen molar-refractivity contribution in [3.8, 4) is 0 Å². The van der Waals surface area contributed by atoms with Gasteiger partial charge in [-0.25, -0.2) is 0 Å². The molecule has 0 fully saturated rings. The topological polar surface area (TPSA) is 167 Å². The average Bonchev–Trinajstić information content (AvgIpc) is 2.64. The van der Waals surface area contributed by atoms with Crippen LogP contribution < -0.4 is 11.5 Å². The Labute approximate surface area is 157 Å². The van der Waals surface area contributed by atoms with E-state index in [-0.39, 0.29) is 37.1 Å². The zero-order valence-electron chi connectivity index (χ0n) is 16.8. The number of carboxylic acids is 2. The lowest BCUT2D eigenvalue weighted by Gasteiger charge is -2.22. The molecular weight excluding hydrogens is 340 g/mol. The monoisotopic (exact) mass is 380 g/mol. The maximum atomic E-state index is 9.90. The van der Waals surface area contributed by atoms with Crippen LogP contribution in [0.5, 0.6) is 0 Å². The van der Waals surface area contributed by atoms with Crippen LogP contribution in [0.2, 0.25) is 0 Å². The molecule has 0 aromatic rings. The van der Waals surface area contributed by atoms with E-state index in [0.717, 1.165) is 25.7 Å². The zero-order chi connectivity index (χ0) is 21.2. The van der Waals surface area contributed by atoms with Crippen LogP contribution in [-0.2, 0) is 9.59 Å². The van der Waals surface area contributed by atoms with Crippen LogP contribution in [0.25, 0.3) is 0 Å². The minimum Gasteiger partial charge on any atom is -0.481 e. The average molecular weight is 381 g/mol. The van der Waals surface area contributed by atoms with Crippen molar-refractivity contribution < 1.29 is 30.0 Å². The molecule has 0 rings (SSSR count). The molecular formula is C18H40N2O6. The quantitative estimate of drug-likeness (QED) is 0.294. The number of carboxylic acid groups (broad SMARTS) is 2. The SMILES string of the molecule is CCC(N)(CC)CO.CCC(N)(CC)CO.O=C(O)CCCCC(=O)O. The van der Waals surface area contributed by atoms with Gasteiger partial charge in [-0.05, 0) is 38.5 Å². The fourth-order valence-electron chi connectivity index (χ4n) is 1.50. The normalized spacial score (nSPS) is 10.9. The van der Waals surface area contributed by atoms with Gasteiger partial charge in [0.15, 0.2) is 0 Å². The molecule has 0 aliphatic carbocycles. The number of carbonyl (C=O) groups is 2. The Hall–Kier alpha value is -1.22. The lowest BCUT2D eigenvalue weighted by molar-refractivity contribution is -0.139. The number of aliphatic carboxylic acids is 2. The third-order valence-electron chi connectivity index (χ3n) is 4.48. The first-order valence-electron chi connectivity index (χ1n) is 9.22. The minimum atomic E-state index is -0.870. The molecule has 0 aliphatic heterocycles. The Kier molecular flexibility index (Phi) is 19.5. The van der Waals surface area contributed by atoms with Crippen molar-refractivity contribution in [2.75, 3.05) is 13.2 Å². The molecule has 0 unspecified atom stereocenters. The maximum Gasteiger partial charge on any atom is 0.303 e. The molecule has 0 spiro atoms. The Morgan fingerprint density at radius 2 is 0.923 bits per heavy atom. The lowest BCUT2D eigenvalue weighted by Crippen LogP contribution is -2.42. The van der Waals surface area contributed by atoms with E-state index >= 15 is 0 Å². The number of unbranched alkanes of at least 4 members (excludes halogenated alkanes) is 1. The summed E-state index contributed by atoms with van der Waals surface area (Å²) in [6.07, 6.45) is 4.41. The van der Waals surface area contributed by atoms with Crippen LogP contribution in [0.4, 0.5) is 0 Å². The van der Waals surface area contributed by atoms with E-state index in [1.165, 1.54) is 0 Å². The second kappa shape index (κ2) is 17.2. The van der Waals surface area contributed by atoms with Gasteiger partial charge in [-0.1, -0.05) is 27.7 Å². The summed E-state index contributed by atoms with van der Waals surface area (Å²) in [6.45, 7) is 8.14. The summed E-state index contributed by atoms with van der Waals surface area (Å²) in [7, 11) is 0. The fraction of sp³-hybridized carbons (Fsp3) is 0.889. The highest BCUT2D eigenvalue weighted by atomic mass is 16.4. The molecule has 26 heavy (non-hydrogen) atoms. The maximum absolute atomic E-state index is 9.90. The molecule has 0 atom stereocenters. The van der Waals surface area contributed by atoms with E-state index in [2.05, 4.69) is 0 Å². The number of hydrogen-bond acceptors (Lipinski definition) is 6. The third-order valence-corrected chi connectivity index (χ3v) is 4.48. The number of nitrogens with two attached hydrogens (primary N) is 2. The predicted molar refractivity (Wildman–Crippen MR) is 103 cm³/mol. The first kappa shape index (κ1) is 29.5. The van der Waals surface area contributed by atoms with E-state index < -0.39 is 11.9 Å². The molecule has 8 nitrogen and oxygen atoms in total. The predicted octanol–water partition coefficient (Wildman–Crippen LogP) is 1.71. The third kappa shape index (κ3) is 19.1. The van der Waals surface area contributed by atoms with Gasteiger partial charge in [-0.15, -0.1) is 0 Å². The summed E-state index contributed by atoms with van der Waals surface area (Å²) in [4.78, 5) is 19.8. The van der Waals surface area contributed by atoms with Gasteiger partial charge >= 0.3 is 11.9 Å². The number of hydrogen-bond donors (Lipinski definition) is 6. The number of rotatable bonds is 11. The summed E-state index contributed by atoms with van der Waals surface area (Å²) in [5, 5.41) is 33.6. The second-order valence-corrected chi connectivity index (χ2v) is 6.45. The van der Waals surface area contributed by atoms with Crippen LogP contribution in [0.15, 0.2) is 0 Å². The first-order valence-corrected chi connectivity index (χ1v) is 9.22. The molecule has 0 radical (unpaired) electrons. The Morgan fingerprint density at radius 3 is 1.00 bits per heavy atom. The van der Waals surface area contributed by atoms with Crippen molar-refractivity contribution in [1.29, 1.82) is 0 Å². The van der Waals surface area contributed by atoms with Gasteiger partial charge in [-0.2, -0.15) is 0 Å². The van der Waals surface area contributed by atoms with Crippen molar-refractivity contribution in [1.82, 2.24) is 0 Å². The van der Waals surface area contributed by atoms with E-state index in [9.17, 15) is 9.59 Å². The molecule has 0 aromatic carbocycles. The van der Waals surface area contributed by atoms with Crippen LogP contribution in [0.1, 0.15) is 79.1 Å². The van der Waals surface area contributed by atoms with E-state index in [1.54, 1.807) is 0 Å². The summed E-state index contributed by atoms with van der Waals surface area (Å²) in [5.41, 5.74) is 10.7. The smallest absolute Gasteiger partial charge is 0.303 e. The largest absolute Gasteiger partial charge is 0.481 e. The standard InChI is InChI=1S/2C6H15NO.C6H10O4/c2*1-3-6(7,4-2)5-8;7-5(8)3-1-2-4-6(9)10/h2*8H,3-5,7H2,1-2H3;1-4H2,(H,7,8)(H,9,10). The van der Waals surface area contributed by atoms with Gasteiger partial charge in [0, 0.05) is 23.9 Å². The van der Waals surface area contributed by atoms with Gasteiger partial charge in [0.2, 0.25) is 0 Å². The fourth-order valence-corrected chi connectivity index (χ4v) is 1.50. The van der Waals surface area contributed by atoms with Crippen LogP contribution in [-0.4, -0.2) is 56.7 Å². The van der Waals surface area contributed by atoms with Crippen LogP contribution >= 0.6 is 0 Å². The summed E-state index contributed by atoms with van der Waals surface area (Å²) in [5.74, 6) is -1.74. The molecule has 0 heterocycles. The van der Waals surface area contributed by atoms with Crippen molar-refractivity contribution >= 4 is 11.9 Å². The van der Waals surface area contributed by atoms with Crippen molar-refractivity contribution in [3.05, 3.63) is 0 Å². The highest BCUT2D eigenvalue weighted by molar-refractivity contribution is 5.67. The number of aliphatic hydroxyl groups is 2. The van der Waals surface area contributed by atoms with Gasteiger partial charge < -0.3 is 31.9 Å². The Bertz CT molecular complexity index is 305.